The first kappa shape index (κ1) is 18.9. The maximum Gasteiger partial charge on any atom is 0.165 e. The first-order chi connectivity index (χ1) is 9.54. The van der Waals surface area contributed by atoms with E-state index in [1.807, 2.05) is 13.8 Å². The molecule has 2 rings (SSSR count). The summed E-state index contributed by atoms with van der Waals surface area (Å²) in [5.74, 6) is 0.0857. The Hall–Kier alpha value is 0.860. The van der Waals surface area contributed by atoms with Gasteiger partial charge >= 0.3 is 0 Å². The second-order valence-corrected chi connectivity index (χ2v) is 6.70. The molecule has 0 N–H and O–H groups in total. The van der Waals surface area contributed by atoms with E-state index in [1.54, 1.807) is 0 Å². The van der Waals surface area contributed by atoms with Crippen molar-refractivity contribution in [1.29, 1.82) is 0 Å². The average Bonchev–Trinajstić information content (AvgIpc) is 3.05. The predicted octanol–water partition coefficient (Wildman–Crippen LogP) is 3.73. The monoisotopic (exact) mass is 420 g/mol. The topological polar surface area (TPSA) is 36.9 Å². The molecule has 0 radical (unpaired) electrons. The molecule has 0 aromatic heterocycles. The van der Waals surface area contributed by atoms with Crippen LogP contribution in [-0.2, 0) is 18.9 Å². The molecule has 2 aliphatic heterocycles. The van der Waals surface area contributed by atoms with Gasteiger partial charge in [0.25, 0.3) is 0 Å². The zero-order valence-electron chi connectivity index (χ0n) is 12.5. The van der Waals surface area contributed by atoms with E-state index in [1.165, 1.54) is 10.8 Å². The van der Waals surface area contributed by atoms with Gasteiger partial charge in [0.2, 0.25) is 0 Å². The van der Waals surface area contributed by atoms with Crippen LogP contribution in [0, 0.1) is 0 Å². The fraction of sp³-hybridized carbons (Fsp3) is 1.00. The van der Waals surface area contributed by atoms with Crippen LogP contribution in [0.5, 0.6) is 0 Å². The summed E-state index contributed by atoms with van der Waals surface area (Å²) < 4.78 is 22.7. The van der Waals surface area contributed by atoms with Crippen molar-refractivity contribution in [2.75, 3.05) is 36.7 Å². The number of alkyl halides is 2. The smallest absolute Gasteiger partial charge is 0.165 e. The molecule has 0 aromatic rings. The average molecular weight is 421 g/mol. The van der Waals surface area contributed by atoms with Crippen LogP contribution in [0.3, 0.4) is 0 Å². The Morgan fingerprint density at radius 2 is 1.25 bits per heavy atom. The summed E-state index contributed by atoms with van der Waals surface area (Å²) in [6.45, 7) is 6.95. The fourth-order valence-corrected chi connectivity index (χ4v) is 2.69. The van der Waals surface area contributed by atoms with Crippen molar-refractivity contribution in [2.45, 2.75) is 51.1 Å². The minimum absolute atomic E-state index is 0.259. The van der Waals surface area contributed by atoms with Crippen LogP contribution in [-0.4, -0.2) is 48.3 Å². The van der Waals surface area contributed by atoms with Crippen LogP contribution in [0.15, 0.2) is 0 Å². The van der Waals surface area contributed by atoms with Crippen molar-refractivity contribution in [3.8, 4) is 0 Å². The van der Waals surface area contributed by atoms with E-state index in [-0.39, 0.29) is 11.6 Å². The van der Waals surface area contributed by atoms with Crippen LogP contribution >= 0.6 is 34.2 Å². The Balaban J connectivity index is 0.000000200. The maximum atomic E-state index is 5.53. The highest BCUT2D eigenvalue weighted by molar-refractivity contribution is 14.1. The largest absolute Gasteiger partial charge is 0.348 e. The van der Waals surface area contributed by atoms with Crippen molar-refractivity contribution < 1.29 is 18.9 Å². The Labute approximate surface area is 140 Å². The van der Waals surface area contributed by atoms with Crippen LogP contribution in [0.2, 0.25) is 0 Å². The number of rotatable bonds is 6. The summed E-state index contributed by atoms with van der Waals surface area (Å²) in [5, 5.41) is 0. The van der Waals surface area contributed by atoms with Gasteiger partial charge in [-0.25, -0.2) is 0 Å². The van der Waals surface area contributed by atoms with E-state index in [0.717, 1.165) is 45.7 Å². The zero-order chi connectivity index (χ0) is 14.9. The molecule has 2 aliphatic rings. The summed E-state index contributed by atoms with van der Waals surface area (Å²) in [7, 11) is 0. The molecule has 0 bridgehead atoms. The third kappa shape index (κ3) is 7.22. The molecule has 0 aliphatic carbocycles. The lowest BCUT2D eigenvalue weighted by Crippen LogP contribution is -2.25. The van der Waals surface area contributed by atoms with E-state index in [0.29, 0.717) is 5.88 Å². The van der Waals surface area contributed by atoms with Gasteiger partial charge in [-0.2, -0.15) is 0 Å². The minimum atomic E-state index is -0.338. The molecule has 20 heavy (non-hydrogen) atoms. The maximum absolute atomic E-state index is 5.53. The van der Waals surface area contributed by atoms with E-state index < -0.39 is 0 Å². The first-order valence-electron chi connectivity index (χ1n) is 7.21. The zero-order valence-corrected chi connectivity index (χ0v) is 15.4. The number of ether oxygens (including phenoxy) is 4. The Morgan fingerprint density at radius 3 is 1.60 bits per heavy atom. The van der Waals surface area contributed by atoms with Crippen molar-refractivity contribution >= 4 is 34.2 Å². The molecular formula is C14H26ClIO4. The first-order valence-corrected chi connectivity index (χ1v) is 9.27. The normalized spacial score (nSPS) is 23.4. The summed E-state index contributed by atoms with van der Waals surface area (Å²) in [6, 6.07) is 0. The molecule has 120 valence electrons. The fourth-order valence-electron chi connectivity index (χ4n) is 2.18. The molecule has 4 nitrogen and oxygen atoms in total. The number of hydrogen-bond acceptors (Lipinski definition) is 4. The SMILES string of the molecule is CC1(CCCCl)OCCO1.CC1(CCCI)OCCO1. The number of hydrogen-bond donors (Lipinski definition) is 0. The van der Waals surface area contributed by atoms with Gasteiger partial charge in [0.1, 0.15) is 0 Å². The van der Waals surface area contributed by atoms with Gasteiger partial charge in [-0.05, 0) is 31.1 Å². The molecule has 2 fully saturated rings. The minimum Gasteiger partial charge on any atom is -0.348 e. The quantitative estimate of drug-likeness (QED) is 0.485. The third-order valence-corrected chi connectivity index (χ3v) is 4.36. The molecular weight excluding hydrogens is 395 g/mol. The highest BCUT2D eigenvalue weighted by atomic mass is 127. The standard InChI is InChI=1S/C7H13ClO2.C7H13IO2/c2*1-7(3-2-4-8)9-5-6-10-7/h2*2-6H2,1H3. The van der Waals surface area contributed by atoms with Gasteiger partial charge in [0, 0.05) is 18.7 Å². The molecule has 0 aromatic carbocycles. The summed E-state index contributed by atoms with van der Waals surface area (Å²) in [6.07, 6.45) is 4.06. The van der Waals surface area contributed by atoms with E-state index in [4.69, 9.17) is 30.5 Å². The summed E-state index contributed by atoms with van der Waals surface area (Å²) >= 11 is 7.90. The van der Waals surface area contributed by atoms with Crippen molar-refractivity contribution in [3.63, 3.8) is 0 Å². The molecule has 0 unspecified atom stereocenters. The van der Waals surface area contributed by atoms with Gasteiger partial charge in [0.15, 0.2) is 11.6 Å². The van der Waals surface area contributed by atoms with Gasteiger partial charge in [-0.1, -0.05) is 22.6 Å². The molecule has 0 saturated carbocycles. The number of halogens is 2. The van der Waals surface area contributed by atoms with E-state index >= 15 is 0 Å². The Kier molecular flexibility index (Phi) is 9.26. The van der Waals surface area contributed by atoms with Crippen LogP contribution < -0.4 is 0 Å². The third-order valence-electron chi connectivity index (χ3n) is 3.33. The van der Waals surface area contributed by atoms with Gasteiger partial charge < -0.3 is 18.9 Å². The lowest BCUT2D eigenvalue weighted by molar-refractivity contribution is -0.146. The highest BCUT2D eigenvalue weighted by Gasteiger charge is 2.30. The van der Waals surface area contributed by atoms with Crippen LogP contribution in [0.1, 0.15) is 39.5 Å². The van der Waals surface area contributed by atoms with Crippen molar-refractivity contribution in [3.05, 3.63) is 0 Å². The van der Waals surface area contributed by atoms with E-state index in [9.17, 15) is 0 Å². The lowest BCUT2D eigenvalue weighted by Gasteiger charge is -2.21. The van der Waals surface area contributed by atoms with Crippen molar-refractivity contribution in [1.82, 2.24) is 0 Å². The van der Waals surface area contributed by atoms with Crippen LogP contribution in [0.4, 0.5) is 0 Å². The van der Waals surface area contributed by atoms with Crippen LogP contribution in [0.25, 0.3) is 0 Å². The van der Waals surface area contributed by atoms with Gasteiger partial charge in [0.05, 0.1) is 26.4 Å². The summed E-state index contributed by atoms with van der Waals surface area (Å²) in [4.78, 5) is 0. The molecule has 2 saturated heterocycles. The van der Waals surface area contributed by atoms with Gasteiger partial charge in [-0.15, -0.1) is 11.6 Å². The van der Waals surface area contributed by atoms with Crippen molar-refractivity contribution in [2.24, 2.45) is 0 Å². The molecule has 0 spiro atoms. The molecule has 0 atom stereocenters. The Morgan fingerprint density at radius 1 is 0.850 bits per heavy atom. The second kappa shape index (κ2) is 9.79. The lowest BCUT2D eigenvalue weighted by atomic mass is 10.2. The highest BCUT2D eigenvalue weighted by Crippen LogP contribution is 2.24. The van der Waals surface area contributed by atoms with Gasteiger partial charge in [-0.3, -0.25) is 0 Å². The molecule has 6 heteroatoms. The predicted molar refractivity (Wildman–Crippen MR) is 88.7 cm³/mol. The Bertz CT molecular complexity index is 228. The molecule has 0 amide bonds. The molecule has 2 heterocycles. The van der Waals surface area contributed by atoms with E-state index in [2.05, 4.69) is 22.6 Å². The summed E-state index contributed by atoms with van der Waals surface area (Å²) in [5.41, 5.74) is 0. The second-order valence-electron chi connectivity index (χ2n) is 5.25.